The molecule has 1 N–H and O–H groups in total. The fourth-order valence-corrected chi connectivity index (χ4v) is 4.09. The van der Waals surface area contributed by atoms with Gasteiger partial charge in [-0.1, -0.05) is 50.0 Å². The van der Waals surface area contributed by atoms with E-state index in [0.717, 1.165) is 25.0 Å². The fraction of sp³-hybridized carbons (Fsp3) is 0.458. The molecule has 1 aliphatic rings. The smallest absolute Gasteiger partial charge is 0.254 e. The van der Waals surface area contributed by atoms with Crippen LogP contribution < -0.4 is 5.32 Å². The van der Waals surface area contributed by atoms with Crippen molar-refractivity contribution in [3.63, 3.8) is 0 Å². The summed E-state index contributed by atoms with van der Waals surface area (Å²) in [4.78, 5) is 32.4. The molecule has 166 valence electrons. The molecule has 2 heterocycles. The van der Waals surface area contributed by atoms with Crippen molar-refractivity contribution in [2.75, 3.05) is 6.54 Å². The number of nitrogens with one attached hydrogen (secondary N) is 1. The third-order valence-corrected chi connectivity index (χ3v) is 6.33. The van der Waals surface area contributed by atoms with E-state index in [1.807, 2.05) is 43.9 Å². The molecule has 2 atom stereocenters. The summed E-state index contributed by atoms with van der Waals surface area (Å²) in [5.41, 5.74) is 0.803. The minimum absolute atomic E-state index is 0.0111. The van der Waals surface area contributed by atoms with Crippen molar-refractivity contribution in [3.8, 4) is 0 Å². The number of pyridine rings is 1. The Labute approximate surface area is 194 Å². The first-order chi connectivity index (χ1) is 14.7. The van der Waals surface area contributed by atoms with E-state index in [-0.39, 0.29) is 23.9 Å². The van der Waals surface area contributed by atoms with Crippen molar-refractivity contribution in [1.29, 1.82) is 0 Å². The molecule has 1 aromatic heterocycles. The fourth-order valence-electron chi connectivity index (χ4n) is 3.79. The number of halogens is 2. The summed E-state index contributed by atoms with van der Waals surface area (Å²) < 4.78 is 0. The maximum atomic E-state index is 13.3. The standard InChI is InChI=1S/C24H29Cl2N3O2/c1-24(2,3)23(31)28-21(20-9-4-6-12-27-20)15-17-8-5-7-13-29(17)22(30)16-10-11-18(25)19(26)14-16/h4,6,9-12,14,17,21H,5,7-8,13,15H2,1-3H3,(H,28,31)/t17-,21+/m0/s1. The van der Waals surface area contributed by atoms with Crippen LogP contribution in [0.1, 0.15) is 68.5 Å². The Morgan fingerprint density at radius 2 is 1.94 bits per heavy atom. The lowest BCUT2D eigenvalue weighted by Crippen LogP contribution is -2.47. The van der Waals surface area contributed by atoms with Gasteiger partial charge in [0.15, 0.2) is 0 Å². The molecule has 5 nitrogen and oxygen atoms in total. The van der Waals surface area contributed by atoms with Gasteiger partial charge in [0.1, 0.15) is 0 Å². The summed E-state index contributed by atoms with van der Waals surface area (Å²) >= 11 is 12.2. The zero-order valence-corrected chi connectivity index (χ0v) is 19.7. The van der Waals surface area contributed by atoms with E-state index in [9.17, 15) is 9.59 Å². The van der Waals surface area contributed by atoms with Gasteiger partial charge in [0, 0.05) is 29.8 Å². The number of amides is 2. The SMILES string of the molecule is CC(C)(C)C(=O)N[C@H](C[C@@H]1CCCCN1C(=O)c1ccc(Cl)c(Cl)c1)c1ccccn1. The van der Waals surface area contributed by atoms with E-state index < -0.39 is 5.41 Å². The average molecular weight is 462 g/mol. The first-order valence-corrected chi connectivity index (χ1v) is 11.4. The van der Waals surface area contributed by atoms with Crippen LogP contribution in [0, 0.1) is 5.41 Å². The highest BCUT2D eigenvalue weighted by Gasteiger charge is 2.32. The molecule has 0 saturated carbocycles. The Bertz CT molecular complexity index is 928. The lowest BCUT2D eigenvalue weighted by atomic mass is 9.91. The number of aromatic nitrogens is 1. The van der Waals surface area contributed by atoms with E-state index in [2.05, 4.69) is 10.3 Å². The Morgan fingerprint density at radius 3 is 2.58 bits per heavy atom. The lowest BCUT2D eigenvalue weighted by Gasteiger charge is -2.38. The van der Waals surface area contributed by atoms with Gasteiger partial charge in [0.25, 0.3) is 5.91 Å². The normalized spacial score (nSPS) is 17.8. The number of carbonyl (C=O) groups excluding carboxylic acids is 2. The van der Waals surface area contributed by atoms with Gasteiger partial charge in [-0.2, -0.15) is 0 Å². The van der Waals surface area contributed by atoms with Gasteiger partial charge in [-0.25, -0.2) is 0 Å². The van der Waals surface area contributed by atoms with E-state index in [1.165, 1.54) is 0 Å². The summed E-state index contributed by atoms with van der Waals surface area (Å²) in [5, 5.41) is 3.95. The highest BCUT2D eigenvalue weighted by atomic mass is 35.5. The summed E-state index contributed by atoms with van der Waals surface area (Å²) in [5.74, 6) is -0.105. The number of rotatable bonds is 5. The number of carbonyl (C=O) groups is 2. The molecule has 0 radical (unpaired) electrons. The van der Waals surface area contributed by atoms with Crippen molar-refractivity contribution in [3.05, 3.63) is 63.9 Å². The van der Waals surface area contributed by atoms with E-state index in [1.54, 1.807) is 24.4 Å². The van der Waals surface area contributed by atoms with Crippen LogP contribution in [0.2, 0.25) is 10.0 Å². The Hall–Kier alpha value is -2.11. The quantitative estimate of drug-likeness (QED) is 0.622. The zero-order chi connectivity index (χ0) is 22.6. The lowest BCUT2D eigenvalue weighted by molar-refractivity contribution is -0.129. The van der Waals surface area contributed by atoms with E-state index >= 15 is 0 Å². The Morgan fingerprint density at radius 1 is 1.16 bits per heavy atom. The number of hydrogen-bond donors (Lipinski definition) is 1. The monoisotopic (exact) mass is 461 g/mol. The van der Waals surface area contributed by atoms with Crippen LogP contribution in [0.4, 0.5) is 0 Å². The zero-order valence-electron chi connectivity index (χ0n) is 18.2. The van der Waals surface area contributed by atoms with Crippen LogP contribution >= 0.6 is 23.2 Å². The number of benzene rings is 1. The largest absolute Gasteiger partial charge is 0.347 e. The summed E-state index contributed by atoms with van der Waals surface area (Å²) in [7, 11) is 0. The highest BCUT2D eigenvalue weighted by molar-refractivity contribution is 6.42. The molecule has 2 amide bonds. The molecular formula is C24H29Cl2N3O2. The van der Waals surface area contributed by atoms with E-state index in [4.69, 9.17) is 23.2 Å². The van der Waals surface area contributed by atoms with Crippen LogP contribution in [0.3, 0.4) is 0 Å². The van der Waals surface area contributed by atoms with Gasteiger partial charge in [-0.05, 0) is 56.0 Å². The number of hydrogen-bond acceptors (Lipinski definition) is 3. The first-order valence-electron chi connectivity index (χ1n) is 10.6. The predicted octanol–water partition coefficient (Wildman–Crippen LogP) is 5.68. The Kier molecular flexibility index (Phi) is 7.60. The van der Waals surface area contributed by atoms with Gasteiger partial charge < -0.3 is 10.2 Å². The summed E-state index contributed by atoms with van der Waals surface area (Å²) in [6.45, 7) is 6.33. The van der Waals surface area contributed by atoms with Crippen molar-refractivity contribution >= 4 is 35.0 Å². The maximum Gasteiger partial charge on any atom is 0.254 e. The maximum absolute atomic E-state index is 13.3. The molecule has 2 aromatic rings. The molecule has 31 heavy (non-hydrogen) atoms. The molecule has 3 rings (SSSR count). The van der Waals surface area contributed by atoms with Gasteiger partial charge in [0.2, 0.25) is 5.91 Å². The topological polar surface area (TPSA) is 62.3 Å². The molecular weight excluding hydrogens is 433 g/mol. The minimum Gasteiger partial charge on any atom is -0.347 e. The highest BCUT2D eigenvalue weighted by Crippen LogP contribution is 2.30. The molecule has 1 aliphatic heterocycles. The van der Waals surface area contributed by atoms with E-state index in [0.29, 0.717) is 28.6 Å². The van der Waals surface area contributed by atoms with Crippen LogP contribution in [0.15, 0.2) is 42.6 Å². The third-order valence-electron chi connectivity index (χ3n) is 5.59. The second kappa shape index (κ2) is 10.0. The van der Waals surface area contributed by atoms with Gasteiger partial charge in [0.05, 0.1) is 21.8 Å². The molecule has 0 spiro atoms. The number of piperidine rings is 1. The second-order valence-corrected chi connectivity index (χ2v) is 9.86. The summed E-state index contributed by atoms with van der Waals surface area (Å²) in [6, 6.07) is 10.4. The molecule has 0 unspecified atom stereocenters. The van der Waals surface area contributed by atoms with Crippen LogP contribution in [0.25, 0.3) is 0 Å². The number of likely N-dealkylation sites (tertiary alicyclic amines) is 1. The van der Waals surface area contributed by atoms with Crippen molar-refractivity contribution in [2.24, 2.45) is 5.41 Å². The molecule has 0 aliphatic carbocycles. The van der Waals surface area contributed by atoms with Crippen LogP contribution in [-0.4, -0.2) is 34.3 Å². The predicted molar refractivity (Wildman–Crippen MR) is 124 cm³/mol. The van der Waals surface area contributed by atoms with Crippen molar-refractivity contribution < 1.29 is 9.59 Å². The van der Waals surface area contributed by atoms with Crippen LogP contribution in [0.5, 0.6) is 0 Å². The second-order valence-electron chi connectivity index (χ2n) is 9.04. The molecule has 1 saturated heterocycles. The van der Waals surface area contributed by atoms with Crippen molar-refractivity contribution in [1.82, 2.24) is 15.2 Å². The van der Waals surface area contributed by atoms with Crippen LogP contribution in [-0.2, 0) is 4.79 Å². The number of nitrogens with zero attached hydrogens (tertiary/aromatic N) is 2. The molecule has 7 heteroatoms. The molecule has 1 aromatic carbocycles. The Balaban J connectivity index is 1.84. The summed E-state index contributed by atoms with van der Waals surface area (Å²) in [6.07, 6.45) is 5.20. The molecule has 0 bridgehead atoms. The van der Waals surface area contributed by atoms with Gasteiger partial charge >= 0.3 is 0 Å². The third kappa shape index (κ3) is 5.98. The first kappa shape index (κ1) is 23.6. The van der Waals surface area contributed by atoms with Gasteiger partial charge in [-0.15, -0.1) is 0 Å². The average Bonchev–Trinajstić information content (AvgIpc) is 2.75. The minimum atomic E-state index is -0.519. The van der Waals surface area contributed by atoms with Crippen molar-refractivity contribution in [2.45, 2.75) is 58.5 Å². The van der Waals surface area contributed by atoms with Gasteiger partial charge in [-0.3, -0.25) is 14.6 Å². The molecule has 1 fully saturated rings.